The molecule has 1 aliphatic carbocycles. The van der Waals surface area contributed by atoms with E-state index in [1.807, 2.05) is 45.0 Å². The zero-order valence-corrected chi connectivity index (χ0v) is 16.3. The lowest BCUT2D eigenvalue weighted by molar-refractivity contribution is -0.120. The van der Waals surface area contributed by atoms with Crippen LogP contribution in [0.25, 0.3) is 0 Å². The minimum Gasteiger partial charge on any atom is -0.444 e. The van der Waals surface area contributed by atoms with Crippen molar-refractivity contribution in [3.05, 3.63) is 29.8 Å². The van der Waals surface area contributed by atoms with Crippen LogP contribution < -0.4 is 10.6 Å². The van der Waals surface area contributed by atoms with E-state index in [1.165, 1.54) is 6.42 Å². The van der Waals surface area contributed by atoms with E-state index in [0.717, 1.165) is 49.8 Å². The van der Waals surface area contributed by atoms with Gasteiger partial charge in [0, 0.05) is 18.2 Å². The normalized spacial score (nSPS) is 15.3. The Kier molecular flexibility index (Phi) is 7.49. The quantitative estimate of drug-likeness (QED) is 0.725. The minimum atomic E-state index is -0.477. The van der Waals surface area contributed by atoms with Crippen molar-refractivity contribution in [2.45, 2.75) is 71.3 Å². The van der Waals surface area contributed by atoms with Crippen LogP contribution in [-0.2, 0) is 16.0 Å². The molecule has 0 atom stereocenters. The molecule has 0 spiro atoms. The lowest BCUT2D eigenvalue weighted by atomic mass is 9.88. The average molecular weight is 360 g/mol. The predicted molar refractivity (Wildman–Crippen MR) is 104 cm³/mol. The highest BCUT2D eigenvalue weighted by Crippen LogP contribution is 2.25. The highest BCUT2D eigenvalue weighted by molar-refractivity contribution is 5.92. The molecule has 5 heteroatoms. The Morgan fingerprint density at radius 2 is 1.88 bits per heavy atom. The molecule has 0 aromatic heterocycles. The third kappa shape index (κ3) is 7.46. The van der Waals surface area contributed by atoms with E-state index in [9.17, 15) is 9.59 Å². The van der Waals surface area contributed by atoms with Gasteiger partial charge in [-0.25, -0.2) is 4.79 Å². The van der Waals surface area contributed by atoms with Crippen molar-refractivity contribution in [1.29, 1.82) is 0 Å². The number of amides is 2. The van der Waals surface area contributed by atoms with Crippen LogP contribution in [0.4, 0.5) is 10.5 Å². The summed E-state index contributed by atoms with van der Waals surface area (Å²) >= 11 is 0. The minimum absolute atomic E-state index is 0.147. The molecule has 1 aromatic rings. The number of carbonyl (C=O) groups excluding carboxylic acids is 2. The van der Waals surface area contributed by atoms with E-state index in [2.05, 4.69) is 10.6 Å². The molecule has 2 rings (SSSR count). The number of aryl methyl sites for hydroxylation is 1. The zero-order valence-electron chi connectivity index (χ0n) is 16.3. The molecule has 1 aliphatic rings. The van der Waals surface area contributed by atoms with Crippen molar-refractivity contribution in [1.82, 2.24) is 5.32 Å². The molecule has 0 aliphatic heterocycles. The van der Waals surface area contributed by atoms with Crippen LogP contribution in [0.15, 0.2) is 24.3 Å². The second kappa shape index (κ2) is 9.60. The molecule has 0 bridgehead atoms. The first-order valence-corrected chi connectivity index (χ1v) is 9.70. The molecule has 1 saturated carbocycles. The smallest absolute Gasteiger partial charge is 0.407 e. The molecule has 0 unspecified atom stereocenters. The van der Waals surface area contributed by atoms with Gasteiger partial charge < -0.3 is 15.4 Å². The van der Waals surface area contributed by atoms with Crippen molar-refractivity contribution < 1.29 is 14.3 Å². The van der Waals surface area contributed by atoms with Crippen molar-refractivity contribution >= 4 is 17.7 Å². The van der Waals surface area contributed by atoms with Gasteiger partial charge in [0.15, 0.2) is 0 Å². The molecule has 1 aromatic carbocycles. The topological polar surface area (TPSA) is 67.4 Å². The van der Waals surface area contributed by atoms with Gasteiger partial charge in [0.2, 0.25) is 5.91 Å². The number of hydrogen-bond donors (Lipinski definition) is 2. The maximum absolute atomic E-state index is 12.4. The summed E-state index contributed by atoms with van der Waals surface area (Å²) < 4.78 is 5.21. The summed E-state index contributed by atoms with van der Waals surface area (Å²) in [6, 6.07) is 7.97. The van der Waals surface area contributed by atoms with Gasteiger partial charge in [-0.05, 0) is 64.2 Å². The van der Waals surface area contributed by atoms with Crippen LogP contribution in [0.5, 0.6) is 0 Å². The fourth-order valence-electron chi connectivity index (χ4n) is 3.21. The second-order valence-electron chi connectivity index (χ2n) is 8.06. The lowest BCUT2D eigenvalue weighted by Crippen LogP contribution is -2.33. The predicted octanol–water partition coefficient (Wildman–Crippen LogP) is 4.66. The van der Waals surface area contributed by atoms with Gasteiger partial charge >= 0.3 is 6.09 Å². The van der Waals surface area contributed by atoms with Crippen LogP contribution in [0.1, 0.15) is 64.9 Å². The van der Waals surface area contributed by atoms with Crippen molar-refractivity contribution in [3.63, 3.8) is 0 Å². The van der Waals surface area contributed by atoms with Gasteiger partial charge in [0.1, 0.15) is 5.60 Å². The summed E-state index contributed by atoms with van der Waals surface area (Å²) in [7, 11) is 0. The highest BCUT2D eigenvalue weighted by Gasteiger charge is 2.21. The number of nitrogens with one attached hydrogen (secondary N) is 2. The van der Waals surface area contributed by atoms with E-state index in [0.29, 0.717) is 6.54 Å². The van der Waals surface area contributed by atoms with Gasteiger partial charge in [-0.2, -0.15) is 0 Å². The Morgan fingerprint density at radius 1 is 1.15 bits per heavy atom. The molecule has 0 heterocycles. The molecular formula is C21H32N2O3. The molecule has 0 saturated heterocycles. The molecule has 2 N–H and O–H groups in total. The summed E-state index contributed by atoms with van der Waals surface area (Å²) in [5, 5.41) is 5.83. The second-order valence-corrected chi connectivity index (χ2v) is 8.06. The summed E-state index contributed by atoms with van der Waals surface area (Å²) in [4.78, 5) is 24.0. The first-order chi connectivity index (χ1) is 12.3. The highest BCUT2D eigenvalue weighted by atomic mass is 16.6. The molecule has 144 valence electrons. The van der Waals surface area contributed by atoms with E-state index >= 15 is 0 Å². The molecule has 0 radical (unpaired) electrons. The Balaban J connectivity index is 1.74. The van der Waals surface area contributed by atoms with Crippen molar-refractivity contribution in [3.8, 4) is 0 Å². The third-order valence-electron chi connectivity index (χ3n) is 4.48. The van der Waals surface area contributed by atoms with Gasteiger partial charge in [-0.3, -0.25) is 4.79 Å². The molecule has 1 fully saturated rings. The maximum atomic E-state index is 12.4. The Morgan fingerprint density at radius 3 is 2.58 bits per heavy atom. The standard InChI is InChI=1S/C21H32N2O3/c1-21(2,3)26-20(25)22-14-8-10-16-9-7-13-18(15-16)23-19(24)17-11-5-4-6-12-17/h7,9,13,15,17H,4-6,8,10-12,14H2,1-3H3,(H,22,25)(H,23,24). The van der Waals surface area contributed by atoms with Gasteiger partial charge in [0.05, 0.1) is 0 Å². The number of carbonyl (C=O) groups is 2. The first-order valence-electron chi connectivity index (χ1n) is 9.70. The fraction of sp³-hybridized carbons (Fsp3) is 0.619. The Hall–Kier alpha value is -2.04. The van der Waals surface area contributed by atoms with E-state index < -0.39 is 5.60 Å². The van der Waals surface area contributed by atoms with E-state index in [1.54, 1.807) is 0 Å². The molecular weight excluding hydrogens is 328 g/mol. The van der Waals surface area contributed by atoms with Crippen LogP contribution in [0, 0.1) is 5.92 Å². The summed E-state index contributed by atoms with van der Waals surface area (Å²) in [5.41, 5.74) is 1.53. The summed E-state index contributed by atoms with van der Waals surface area (Å²) in [5.74, 6) is 0.305. The molecule has 5 nitrogen and oxygen atoms in total. The number of rotatable bonds is 6. The Labute approximate surface area is 156 Å². The summed E-state index contributed by atoms with van der Waals surface area (Å²) in [6.07, 6.45) is 6.83. The van der Waals surface area contributed by atoms with Gasteiger partial charge in [-0.1, -0.05) is 31.4 Å². The van der Waals surface area contributed by atoms with Crippen molar-refractivity contribution in [2.24, 2.45) is 5.92 Å². The fourth-order valence-corrected chi connectivity index (χ4v) is 3.21. The van der Waals surface area contributed by atoms with E-state index in [-0.39, 0.29) is 17.9 Å². The summed E-state index contributed by atoms with van der Waals surface area (Å²) in [6.45, 7) is 6.10. The van der Waals surface area contributed by atoms with Crippen LogP contribution in [0.3, 0.4) is 0 Å². The van der Waals surface area contributed by atoms with Crippen LogP contribution in [-0.4, -0.2) is 24.1 Å². The largest absolute Gasteiger partial charge is 0.444 e. The third-order valence-corrected chi connectivity index (χ3v) is 4.48. The number of ether oxygens (including phenoxy) is 1. The van der Waals surface area contributed by atoms with Crippen LogP contribution in [0.2, 0.25) is 0 Å². The average Bonchev–Trinajstić information content (AvgIpc) is 2.58. The number of hydrogen-bond acceptors (Lipinski definition) is 3. The number of alkyl carbamates (subject to hydrolysis) is 1. The Bertz CT molecular complexity index is 602. The molecule has 2 amide bonds. The monoisotopic (exact) mass is 360 g/mol. The zero-order chi connectivity index (χ0) is 19.0. The number of anilines is 1. The van der Waals surface area contributed by atoms with Crippen molar-refractivity contribution in [2.75, 3.05) is 11.9 Å². The van der Waals surface area contributed by atoms with Gasteiger partial charge in [0.25, 0.3) is 0 Å². The van der Waals surface area contributed by atoms with E-state index in [4.69, 9.17) is 4.74 Å². The maximum Gasteiger partial charge on any atom is 0.407 e. The first kappa shape index (κ1) is 20.3. The SMILES string of the molecule is CC(C)(C)OC(=O)NCCCc1cccc(NC(=O)C2CCCCC2)c1. The van der Waals surface area contributed by atoms with Gasteiger partial charge in [-0.15, -0.1) is 0 Å². The number of benzene rings is 1. The van der Waals surface area contributed by atoms with Crippen LogP contribution >= 0.6 is 0 Å². The molecule has 26 heavy (non-hydrogen) atoms. The lowest BCUT2D eigenvalue weighted by Gasteiger charge is -2.21.